The number of fused-ring (bicyclic) bond motifs is 1. The van der Waals surface area contributed by atoms with Gasteiger partial charge in [0, 0.05) is 12.5 Å². The van der Waals surface area contributed by atoms with Crippen molar-refractivity contribution in [2.45, 2.75) is 19.0 Å². The van der Waals surface area contributed by atoms with Gasteiger partial charge >= 0.3 is 5.97 Å². The summed E-state index contributed by atoms with van der Waals surface area (Å²) in [7, 11) is 2.74. The molecule has 116 valence electrons. The third kappa shape index (κ3) is 2.32. The van der Waals surface area contributed by atoms with Crippen LogP contribution in [0.3, 0.4) is 0 Å². The lowest BCUT2D eigenvalue weighted by atomic mass is 10.0. The van der Waals surface area contributed by atoms with Gasteiger partial charge in [0.2, 0.25) is 0 Å². The Hall–Kier alpha value is -2.77. The van der Waals surface area contributed by atoms with Crippen LogP contribution in [0.25, 0.3) is 0 Å². The largest absolute Gasteiger partial charge is 0.468 e. The van der Waals surface area contributed by atoms with E-state index in [4.69, 9.17) is 13.9 Å². The molecule has 0 spiro atoms. The van der Waals surface area contributed by atoms with E-state index in [0.717, 1.165) is 11.4 Å². The lowest BCUT2D eigenvalue weighted by Gasteiger charge is -2.32. The minimum absolute atomic E-state index is 0.105. The number of ether oxygens (including phenoxy) is 2. The van der Waals surface area contributed by atoms with Crippen molar-refractivity contribution in [2.24, 2.45) is 0 Å². The van der Waals surface area contributed by atoms with E-state index >= 15 is 0 Å². The molecule has 3 heterocycles. The first-order chi connectivity index (χ1) is 10.6. The number of nitrogens with one attached hydrogen (secondary N) is 1. The number of furan rings is 1. The van der Waals surface area contributed by atoms with Crippen LogP contribution >= 0.6 is 0 Å². The van der Waals surface area contributed by atoms with Gasteiger partial charge in [-0.15, -0.1) is 0 Å². The number of aromatic nitrogens is 2. The fraction of sp³-hybridized carbons (Fsp3) is 0.357. The maximum absolute atomic E-state index is 12.6. The molecule has 0 fully saturated rings. The summed E-state index contributed by atoms with van der Waals surface area (Å²) in [4.78, 5) is 33.2. The van der Waals surface area contributed by atoms with Gasteiger partial charge in [-0.05, 0) is 6.07 Å². The number of amides is 1. The SMILES string of the molecule is COC(=O)[C@@H]1Cc2nc[nH]c2CN1C(=O)c1ccc(OC)o1. The number of carbonyl (C=O) groups is 2. The van der Waals surface area contributed by atoms with Crippen molar-refractivity contribution in [1.82, 2.24) is 14.9 Å². The van der Waals surface area contributed by atoms with E-state index in [9.17, 15) is 9.59 Å². The quantitative estimate of drug-likeness (QED) is 0.840. The maximum atomic E-state index is 12.6. The number of imidazole rings is 1. The third-order valence-electron chi connectivity index (χ3n) is 3.63. The van der Waals surface area contributed by atoms with Gasteiger partial charge in [-0.2, -0.15) is 0 Å². The molecule has 0 unspecified atom stereocenters. The van der Waals surface area contributed by atoms with Crippen LogP contribution in [0.4, 0.5) is 0 Å². The van der Waals surface area contributed by atoms with Gasteiger partial charge in [-0.3, -0.25) is 4.79 Å². The van der Waals surface area contributed by atoms with Gasteiger partial charge in [0.1, 0.15) is 6.04 Å². The van der Waals surface area contributed by atoms with Crippen LogP contribution in [0.5, 0.6) is 5.95 Å². The van der Waals surface area contributed by atoms with Gasteiger partial charge in [-0.25, -0.2) is 9.78 Å². The summed E-state index contributed by atoms with van der Waals surface area (Å²) in [6, 6.07) is 2.33. The standard InChI is InChI=1S/C14H15N3O5/c1-20-12-4-3-11(22-12)13(18)17-6-9-8(15-7-16-9)5-10(17)14(19)21-2/h3-4,7,10H,5-6H2,1-2H3,(H,15,16)/t10-/m0/s1. The highest BCUT2D eigenvalue weighted by Gasteiger charge is 2.38. The predicted molar refractivity (Wildman–Crippen MR) is 73.2 cm³/mol. The molecular weight excluding hydrogens is 290 g/mol. The van der Waals surface area contributed by atoms with Gasteiger partial charge in [0.15, 0.2) is 5.76 Å². The van der Waals surface area contributed by atoms with Crippen molar-refractivity contribution in [3.05, 3.63) is 35.6 Å². The highest BCUT2D eigenvalue weighted by atomic mass is 16.6. The van der Waals surface area contributed by atoms with Crippen LogP contribution in [-0.4, -0.2) is 47.0 Å². The number of esters is 1. The minimum Gasteiger partial charge on any atom is -0.468 e. The average molecular weight is 305 g/mol. The maximum Gasteiger partial charge on any atom is 0.329 e. The number of carbonyl (C=O) groups excluding carboxylic acids is 2. The van der Waals surface area contributed by atoms with Crippen LogP contribution in [0.1, 0.15) is 21.9 Å². The molecule has 0 saturated carbocycles. The lowest BCUT2D eigenvalue weighted by molar-refractivity contribution is -0.146. The van der Waals surface area contributed by atoms with E-state index in [2.05, 4.69) is 9.97 Å². The van der Waals surface area contributed by atoms with Crippen molar-refractivity contribution in [2.75, 3.05) is 14.2 Å². The molecule has 0 radical (unpaired) electrons. The molecule has 8 heteroatoms. The number of hydrogen-bond acceptors (Lipinski definition) is 6. The molecule has 3 rings (SSSR count). The average Bonchev–Trinajstić information content (AvgIpc) is 3.20. The van der Waals surface area contributed by atoms with Gasteiger partial charge < -0.3 is 23.8 Å². The molecular formula is C14H15N3O5. The van der Waals surface area contributed by atoms with E-state index in [1.54, 1.807) is 12.4 Å². The second-order valence-electron chi connectivity index (χ2n) is 4.83. The first-order valence-electron chi connectivity index (χ1n) is 6.67. The van der Waals surface area contributed by atoms with Gasteiger partial charge in [-0.1, -0.05) is 0 Å². The van der Waals surface area contributed by atoms with E-state index in [-0.39, 0.29) is 18.3 Å². The summed E-state index contributed by atoms with van der Waals surface area (Å²) in [5, 5.41) is 0. The van der Waals surface area contributed by atoms with E-state index in [1.165, 1.54) is 25.2 Å². The Morgan fingerprint density at radius 1 is 1.41 bits per heavy atom. The highest BCUT2D eigenvalue weighted by Crippen LogP contribution is 2.25. The molecule has 0 aromatic carbocycles. The van der Waals surface area contributed by atoms with E-state index in [1.807, 2.05) is 0 Å². The minimum atomic E-state index is -0.732. The second kappa shape index (κ2) is 5.55. The van der Waals surface area contributed by atoms with Crippen LogP contribution in [0.15, 0.2) is 22.9 Å². The summed E-state index contributed by atoms with van der Waals surface area (Å²) >= 11 is 0. The molecule has 1 atom stereocenters. The Bertz CT molecular complexity index is 705. The van der Waals surface area contributed by atoms with Crippen LogP contribution in [0, 0.1) is 0 Å². The molecule has 8 nitrogen and oxygen atoms in total. The summed E-state index contributed by atoms with van der Waals surface area (Å²) in [6.45, 7) is 0.233. The summed E-state index contributed by atoms with van der Waals surface area (Å²) in [5.41, 5.74) is 1.56. The monoisotopic (exact) mass is 305 g/mol. The molecule has 1 aliphatic rings. The molecule has 1 N–H and O–H groups in total. The zero-order valence-electron chi connectivity index (χ0n) is 12.2. The van der Waals surface area contributed by atoms with Crippen molar-refractivity contribution in [3.63, 3.8) is 0 Å². The lowest BCUT2D eigenvalue weighted by Crippen LogP contribution is -2.49. The Kier molecular flexibility index (Phi) is 3.58. The first-order valence-corrected chi connectivity index (χ1v) is 6.67. The van der Waals surface area contributed by atoms with Gasteiger partial charge in [0.25, 0.3) is 11.9 Å². The Balaban J connectivity index is 1.91. The van der Waals surface area contributed by atoms with Crippen molar-refractivity contribution >= 4 is 11.9 Å². The molecule has 1 aliphatic heterocycles. The van der Waals surface area contributed by atoms with Gasteiger partial charge in [0.05, 0.1) is 38.5 Å². The zero-order valence-corrected chi connectivity index (χ0v) is 12.2. The predicted octanol–water partition coefficient (Wildman–Crippen LogP) is 0.751. The Labute approximate surface area is 126 Å². The van der Waals surface area contributed by atoms with E-state index in [0.29, 0.717) is 6.42 Å². The number of aromatic amines is 1. The van der Waals surface area contributed by atoms with Crippen LogP contribution < -0.4 is 4.74 Å². The summed E-state index contributed by atoms with van der Waals surface area (Å²) in [5.74, 6) is -0.551. The van der Waals surface area contributed by atoms with Crippen molar-refractivity contribution in [3.8, 4) is 5.95 Å². The van der Waals surface area contributed by atoms with Crippen molar-refractivity contribution in [1.29, 1.82) is 0 Å². The molecule has 2 aromatic rings. The molecule has 0 saturated heterocycles. The normalized spacial score (nSPS) is 17.0. The molecule has 22 heavy (non-hydrogen) atoms. The topological polar surface area (TPSA) is 97.7 Å². The molecule has 1 amide bonds. The highest BCUT2D eigenvalue weighted by molar-refractivity contribution is 5.95. The van der Waals surface area contributed by atoms with E-state index < -0.39 is 17.9 Å². The van der Waals surface area contributed by atoms with Crippen LogP contribution in [-0.2, 0) is 22.5 Å². The Morgan fingerprint density at radius 3 is 2.91 bits per heavy atom. The van der Waals surface area contributed by atoms with Crippen molar-refractivity contribution < 1.29 is 23.5 Å². The fourth-order valence-electron chi connectivity index (χ4n) is 2.48. The number of hydrogen-bond donors (Lipinski definition) is 1. The third-order valence-corrected chi connectivity index (χ3v) is 3.63. The Morgan fingerprint density at radius 2 is 2.23 bits per heavy atom. The first kappa shape index (κ1) is 14.2. The number of methoxy groups -OCH3 is 2. The van der Waals surface area contributed by atoms with Crippen LogP contribution in [0.2, 0.25) is 0 Å². The fourth-order valence-corrected chi connectivity index (χ4v) is 2.48. The number of nitrogens with zero attached hydrogens (tertiary/aromatic N) is 2. The number of rotatable bonds is 3. The summed E-state index contributed by atoms with van der Waals surface area (Å²) in [6.07, 6.45) is 1.85. The molecule has 2 aromatic heterocycles. The smallest absolute Gasteiger partial charge is 0.329 e. The molecule has 0 aliphatic carbocycles. The second-order valence-corrected chi connectivity index (χ2v) is 4.83. The number of H-pyrrole nitrogens is 1. The zero-order chi connectivity index (χ0) is 15.7. The summed E-state index contributed by atoms with van der Waals surface area (Å²) < 4.78 is 15.0. The molecule has 0 bridgehead atoms.